The van der Waals surface area contributed by atoms with E-state index in [2.05, 4.69) is 44.0 Å². The molecule has 0 aliphatic carbocycles. The quantitative estimate of drug-likeness (QED) is 0.749. The van der Waals surface area contributed by atoms with Gasteiger partial charge >= 0.3 is 0 Å². The third-order valence-electron chi connectivity index (χ3n) is 7.35. The van der Waals surface area contributed by atoms with Gasteiger partial charge in [-0.2, -0.15) is 0 Å². The van der Waals surface area contributed by atoms with E-state index >= 15 is 0 Å². The van der Waals surface area contributed by atoms with Crippen LogP contribution in [0.4, 0.5) is 0 Å². The molecule has 2 bridgehead atoms. The molecule has 0 unspecified atom stereocenters. The topological polar surface area (TPSA) is 66.4 Å². The van der Waals surface area contributed by atoms with Crippen molar-refractivity contribution in [1.82, 2.24) is 19.8 Å². The lowest BCUT2D eigenvalue weighted by Crippen LogP contribution is -2.66. The number of aryl methyl sites for hydroxylation is 1. The summed E-state index contributed by atoms with van der Waals surface area (Å²) in [6.45, 7) is 1.53. The molecule has 1 aromatic heterocycles. The van der Waals surface area contributed by atoms with E-state index in [0.717, 1.165) is 44.5 Å². The van der Waals surface area contributed by atoms with Gasteiger partial charge in [0.25, 0.3) is 0 Å². The van der Waals surface area contributed by atoms with Crippen molar-refractivity contribution >= 4 is 11.8 Å². The van der Waals surface area contributed by atoms with Crippen LogP contribution < -0.4 is 0 Å². The molecule has 1 aromatic carbocycles. The summed E-state index contributed by atoms with van der Waals surface area (Å²) in [5.41, 5.74) is 2.13. The molecule has 4 atom stereocenters. The van der Waals surface area contributed by atoms with Gasteiger partial charge in [-0.15, -0.1) is 0 Å². The molecule has 6 heteroatoms. The molecule has 3 aliphatic heterocycles. The molecule has 2 amide bonds. The fraction of sp³-hybridized carbons (Fsp3) is 0.520. The lowest BCUT2D eigenvalue weighted by molar-refractivity contribution is -0.156. The zero-order chi connectivity index (χ0) is 21.2. The Hall–Kier alpha value is -2.76. The van der Waals surface area contributed by atoms with E-state index in [1.807, 2.05) is 6.07 Å². The SMILES string of the molecule is O=C(CCc1cnccn1)N1C[C@H]2C[C@@H](C1)[C@H](Cc1ccccc1)N1C(=O)CCC[C@@H]21. The lowest BCUT2D eigenvalue weighted by Gasteiger charge is -2.56. The van der Waals surface area contributed by atoms with Crippen molar-refractivity contribution in [2.45, 2.75) is 57.0 Å². The Morgan fingerprint density at radius 1 is 1.10 bits per heavy atom. The summed E-state index contributed by atoms with van der Waals surface area (Å²) < 4.78 is 0. The normalized spacial score (nSPS) is 27.7. The van der Waals surface area contributed by atoms with Gasteiger partial charge in [-0.25, -0.2) is 0 Å². The number of fused-ring (bicyclic) bond motifs is 4. The number of nitrogens with zero attached hydrogens (tertiary/aromatic N) is 4. The summed E-state index contributed by atoms with van der Waals surface area (Å²) in [7, 11) is 0. The Kier molecular flexibility index (Phi) is 5.70. The molecule has 4 heterocycles. The highest BCUT2D eigenvalue weighted by atomic mass is 16.2. The zero-order valence-electron chi connectivity index (χ0n) is 17.9. The maximum Gasteiger partial charge on any atom is 0.223 e. The van der Waals surface area contributed by atoms with Gasteiger partial charge in [-0.05, 0) is 49.5 Å². The number of amides is 2. The van der Waals surface area contributed by atoms with Gasteiger partial charge in [0.2, 0.25) is 11.8 Å². The second kappa shape index (κ2) is 8.77. The Morgan fingerprint density at radius 3 is 2.74 bits per heavy atom. The van der Waals surface area contributed by atoms with E-state index in [-0.39, 0.29) is 18.0 Å². The number of rotatable bonds is 5. The first-order valence-corrected chi connectivity index (χ1v) is 11.6. The molecule has 3 saturated heterocycles. The summed E-state index contributed by atoms with van der Waals surface area (Å²) >= 11 is 0. The fourth-order valence-electron chi connectivity index (χ4n) is 5.95. The highest BCUT2D eigenvalue weighted by Crippen LogP contribution is 2.42. The average Bonchev–Trinajstić information content (AvgIpc) is 2.81. The summed E-state index contributed by atoms with van der Waals surface area (Å²) in [5.74, 6) is 1.26. The molecule has 0 spiro atoms. The van der Waals surface area contributed by atoms with Crippen LogP contribution >= 0.6 is 0 Å². The molecule has 31 heavy (non-hydrogen) atoms. The van der Waals surface area contributed by atoms with Crippen molar-refractivity contribution in [3.05, 3.63) is 60.2 Å². The lowest BCUT2D eigenvalue weighted by atomic mass is 9.70. The number of hydrogen-bond donors (Lipinski definition) is 0. The monoisotopic (exact) mass is 418 g/mol. The van der Waals surface area contributed by atoms with Crippen LogP contribution in [0.25, 0.3) is 0 Å². The van der Waals surface area contributed by atoms with E-state index < -0.39 is 0 Å². The highest BCUT2D eigenvalue weighted by Gasteiger charge is 2.49. The first kappa shape index (κ1) is 20.2. The Morgan fingerprint density at radius 2 is 1.94 bits per heavy atom. The second-order valence-corrected chi connectivity index (χ2v) is 9.27. The van der Waals surface area contributed by atoms with Crippen LogP contribution in [0, 0.1) is 11.8 Å². The van der Waals surface area contributed by atoms with E-state index in [0.29, 0.717) is 37.0 Å². The van der Waals surface area contributed by atoms with Gasteiger partial charge in [0, 0.05) is 56.6 Å². The molecule has 6 nitrogen and oxygen atoms in total. The minimum Gasteiger partial charge on any atom is -0.342 e. The number of aromatic nitrogens is 2. The molecule has 3 fully saturated rings. The first-order valence-electron chi connectivity index (χ1n) is 11.6. The Labute approximate surface area is 183 Å². The minimum atomic E-state index is 0.187. The average molecular weight is 419 g/mol. The summed E-state index contributed by atoms with van der Waals surface area (Å²) in [4.78, 5) is 38.8. The predicted octanol–water partition coefficient (Wildman–Crippen LogP) is 2.88. The molecule has 5 rings (SSSR count). The van der Waals surface area contributed by atoms with Crippen LogP contribution in [0.5, 0.6) is 0 Å². The van der Waals surface area contributed by atoms with Gasteiger partial charge in [0.1, 0.15) is 0 Å². The number of hydrogen-bond acceptors (Lipinski definition) is 4. The molecular formula is C25H30N4O2. The number of likely N-dealkylation sites (tertiary alicyclic amines) is 1. The van der Waals surface area contributed by atoms with Crippen molar-refractivity contribution in [2.24, 2.45) is 11.8 Å². The molecule has 3 aliphatic rings. The van der Waals surface area contributed by atoms with Crippen LogP contribution in [-0.2, 0) is 22.4 Å². The van der Waals surface area contributed by atoms with Crippen LogP contribution in [0.3, 0.4) is 0 Å². The minimum absolute atomic E-state index is 0.187. The highest BCUT2D eigenvalue weighted by molar-refractivity contribution is 5.79. The largest absolute Gasteiger partial charge is 0.342 e. The number of carbonyl (C=O) groups is 2. The maximum absolute atomic E-state index is 13.1. The van der Waals surface area contributed by atoms with E-state index in [1.54, 1.807) is 18.6 Å². The van der Waals surface area contributed by atoms with E-state index in [9.17, 15) is 9.59 Å². The van der Waals surface area contributed by atoms with Gasteiger partial charge in [-0.3, -0.25) is 19.6 Å². The number of benzene rings is 1. The molecule has 2 aromatic rings. The van der Waals surface area contributed by atoms with Gasteiger partial charge in [-0.1, -0.05) is 30.3 Å². The van der Waals surface area contributed by atoms with E-state index in [1.165, 1.54) is 5.56 Å². The van der Waals surface area contributed by atoms with Crippen LogP contribution in [0.1, 0.15) is 43.4 Å². The molecular weight excluding hydrogens is 388 g/mol. The van der Waals surface area contributed by atoms with E-state index in [4.69, 9.17) is 0 Å². The van der Waals surface area contributed by atoms with Gasteiger partial charge in [0.05, 0.1) is 5.69 Å². The second-order valence-electron chi connectivity index (χ2n) is 9.27. The van der Waals surface area contributed by atoms with Crippen molar-refractivity contribution in [3.63, 3.8) is 0 Å². The Balaban J connectivity index is 1.33. The first-order chi connectivity index (χ1) is 15.2. The number of carbonyl (C=O) groups excluding carboxylic acids is 2. The smallest absolute Gasteiger partial charge is 0.223 e. The predicted molar refractivity (Wildman–Crippen MR) is 117 cm³/mol. The summed E-state index contributed by atoms with van der Waals surface area (Å²) in [5, 5.41) is 0. The number of piperidine rings is 3. The van der Waals surface area contributed by atoms with Crippen molar-refractivity contribution < 1.29 is 9.59 Å². The third kappa shape index (κ3) is 4.21. The van der Waals surface area contributed by atoms with Crippen molar-refractivity contribution in [3.8, 4) is 0 Å². The Bertz CT molecular complexity index is 920. The maximum atomic E-state index is 13.1. The van der Waals surface area contributed by atoms with Crippen molar-refractivity contribution in [1.29, 1.82) is 0 Å². The summed E-state index contributed by atoms with van der Waals surface area (Å²) in [6.07, 6.45) is 10.9. The van der Waals surface area contributed by atoms with Crippen LogP contribution in [-0.4, -0.2) is 56.8 Å². The zero-order valence-corrected chi connectivity index (χ0v) is 17.9. The fourth-order valence-corrected chi connectivity index (χ4v) is 5.95. The van der Waals surface area contributed by atoms with Gasteiger partial charge < -0.3 is 9.80 Å². The molecule has 162 valence electrons. The van der Waals surface area contributed by atoms with Crippen molar-refractivity contribution in [2.75, 3.05) is 13.1 Å². The third-order valence-corrected chi connectivity index (χ3v) is 7.35. The van der Waals surface area contributed by atoms with Crippen LogP contribution in [0.15, 0.2) is 48.9 Å². The molecule has 0 N–H and O–H groups in total. The summed E-state index contributed by atoms with van der Waals surface area (Å²) in [6, 6.07) is 10.9. The standard InChI is InChI=1S/C25H30N4O2/c30-24(10-9-21-15-26-11-12-27-21)28-16-19-14-20(17-28)23(13-18-5-2-1-3-6-18)29-22(19)7-4-8-25(29)31/h1-3,5-6,11-12,15,19-20,22-23H,4,7-10,13-14,16-17H2/t19-,20+,22+,23+/m1/s1. The molecule has 0 radical (unpaired) electrons. The molecule has 0 saturated carbocycles. The van der Waals surface area contributed by atoms with Crippen LogP contribution in [0.2, 0.25) is 0 Å². The van der Waals surface area contributed by atoms with Gasteiger partial charge in [0.15, 0.2) is 0 Å².